The number of hydrogen-bond donors (Lipinski definition) is 2. The number of aryl methyl sites for hydroxylation is 1. The standard InChI is InChI=1S/C26H24N4O2/c1-30-22-15-9-8-14-21(22)28-26(30)25(20-12-6-3-7-13-20)29-24(32)18-27-23(31)17-16-19-10-4-2-5-11-19/h2-17,25H,18H2,1H3,(H,27,31)(H,29,32)/b17-16+. The second kappa shape index (κ2) is 9.75. The Morgan fingerprint density at radius 1 is 0.938 bits per heavy atom. The number of fused-ring (bicyclic) bond motifs is 1. The van der Waals surface area contributed by atoms with Crippen LogP contribution in [0.25, 0.3) is 17.1 Å². The van der Waals surface area contributed by atoms with Gasteiger partial charge in [0.1, 0.15) is 11.9 Å². The lowest BCUT2D eigenvalue weighted by Crippen LogP contribution is -2.39. The third-order valence-electron chi connectivity index (χ3n) is 5.17. The molecule has 1 aromatic heterocycles. The third kappa shape index (κ3) is 4.92. The molecule has 0 fully saturated rings. The van der Waals surface area contributed by atoms with Crippen LogP contribution in [0.2, 0.25) is 0 Å². The average Bonchev–Trinajstić information content (AvgIpc) is 3.17. The number of carbonyl (C=O) groups excluding carboxylic acids is 2. The summed E-state index contributed by atoms with van der Waals surface area (Å²) in [5.41, 5.74) is 3.67. The molecular weight excluding hydrogens is 400 g/mol. The highest BCUT2D eigenvalue weighted by Crippen LogP contribution is 2.24. The molecule has 0 aliphatic heterocycles. The van der Waals surface area contributed by atoms with Crippen LogP contribution in [0, 0.1) is 0 Å². The Morgan fingerprint density at radius 3 is 2.31 bits per heavy atom. The van der Waals surface area contributed by atoms with Gasteiger partial charge < -0.3 is 15.2 Å². The largest absolute Gasteiger partial charge is 0.343 e. The topological polar surface area (TPSA) is 76.0 Å². The highest BCUT2D eigenvalue weighted by molar-refractivity contribution is 5.94. The number of amides is 2. The molecule has 0 saturated carbocycles. The molecule has 2 N–H and O–H groups in total. The van der Waals surface area contributed by atoms with Crippen LogP contribution in [-0.2, 0) is 16.6 Å². The molecule has 1 atom stereocenters. The lowest BCUT2D eigenvalue weighted by molar-refractivity contribution is -0.124. The molecule has 160 valence electrons. The summed E-state index contributed by atoms with van der Waals surface area (Å²) in [6, 6.07) is 26.6. The molecule has 1 heterocycles. The molecule has 1 unspecified atom stereocenters. The van der Waals surface area contributed by atoms with Gasteiger partial charge in [-0.15, -0.1) is 0 Å². The van der Waals surface area contributed by atoms with Gasteiger partial charge in [0.25, 0.3) is 0 Å². The first-order chi connectivity index (χ1) is 15.6. The Morgan fingerprint density at radius 2 is 1.59 bits per heavy atom. The summed E-state index contributed by atoms with van der Waals surface area (Å²) in [4.78, 5) is 29.6. The first-order valence-electron chi connectivity index (χ1n) is 10.4. The van der Waals surface area contributed by atoms with Crippen LogP contribution in [-0.4, -0.2) is 27.9 Å². The molecule has 4 aromatic rings. The normalized spacial score (nSPS) is 12.0. The van der Waals surface area contributed by atoms with E-state index in [2.05, 4.69) is 10.6 Å². The molecule has 4 rings (SSSR count). The summed E-state index contributed by atoms with van der Waals surface area (Å²) in [7, 11) is 1.93. The van der Waals surface area contributed by atoms with E-state index in [0.29, 0.717) is 0 Å². The molecule has 0 radical (unpaired) electrons. The Bertz CT molecular complexity index is 1250. The number of imidazole rings is 1. The van der Waals surface area contributed by atoms with Crippen molar-refractivity contribution < 1.29 is 9.59 Å². The second-order valence-electron chi connectivity index (χ2n) is 7.39. The smallest absolute Gasteiger partial charge is 0.244 e. The van der Waals surface area contributed by atoms with E-state index in [1.165, 1.54) is 6.08 Å². The fraction of sp³-hybridized carbons (Fsp3) is 0.115. The molecule has 0 bridgehead atoms. The van der Waals surface area contributed by atoms with E-state index in [9.17, 15) is 9.59 Å². The number of nitrogens with one attached hydrogen (secondary N) is 2. The summed E-state index contributed by atoms with van der Waals surface area (Å²) < 4.78 is 1.98. The van der Waals surface area contributed by atoms with Gasteiger partial charge in [-0.2, -0.15) is 0 Å². The zero-order valence-corrected chi connectivity index (χ0v) is 17.7. The molecule has 0 saturated heterocycles. The minimum absolute atomic E-state index is 0.134. The molecule has 32 heavy (non-hydrogen) atoms. The number of benzene rings is 3. The minimum Gasteiger partial charge on any atom is -0.343 e. The molecule has 6 nitrogen and oxygen atoms in total. The minimum atomic E-state index is -0.446. The fourth-order valence-corrected chi connectivity index (χ4v) is 3.54. The first kappa shape index (κ1) is 21.1. The Kier molecular flexibility index (Phi) is 6.41. The van der Waals surface area contributed by atoms with Gasteiger partial charge in [-0.3, -0.25) is 9.59 Å². The Labute approximate surface area is 186 Å². The maximum absolute atomic E-state index is 12.7. The highest BCUT2D eigenvalue weighted by atomic mass is 16.2. The number of rotatable bonds is 7. The van der Waals surface area contributed by atoms with Gasteiger partial charge in [0.15, 0.2) is 0 Å². The molecule has 0 aliphatic rings. The fourth-order valence-electron chi connectivity index (χ4n) is 3.54. The van der Waals surface area contributed by atoms with E-state index in [4.69, 9.17) is 4.98 Å². The van der Waals surface area contributed by atoms with Crippen molar-refractivity contribution in [1.29, 1.82) is 0 Å². The Balaban J connectivity index is 1.48. The number of aromatic nitrogens is 2. The van der Waals surface area contributed by atoms with E-state index in [1.54, 1.807) is 6.08 Å². The summed E-state index contributed by atoms with van der Waals surface area (Å²) in [6.07, 6.45) is 3.13. The number of nitrogens with zero attached hydrogens (tertiary/aromatic N) is 2. The average molecular weight is 425 g/mol. The van der Waals surface area contributed by atoms with Crippen molar-refractivity contribution in [2.24, 2.45) is 7.05 Å². The van der Waals surface area contributed by atoms with Crippen molar-refractivity contribution in [2.75, 3.05) is 6.54 Å². The van der Waals surface area contributed by atoms with Crippen molar-refractivity contribution in [3.8, 4) is 0 Å². The molecule has 3 aromatic carbocycles. The van der Waals surface area contributed by atoms with Crippen LogP contribution in [0.4, 0.5) is 0 Å². The van der Waals surface area contributed by atoms with Gasteiger partial charge in [-0.1, -0.05) is 72.8 Å². The zero-order valence-electron chi connectivity index (χ0n) is 17.7. The van der Waals surface area contributed by atoms with Gasteiger partial charge in [-0.25, -0.2) is 4.98 Å². The van der Waals surface area contributed by atoms with Crippen molar-refractivity contribution in [2.45, 2.75) is 6.04 Å². The number of hydrogen-bond acceptors (Lipinski definition) is 3. The van der Waals surface area contributed by atoms with Crippen molar-refractivity contribution in [1.82, 2.24) is 20.2 Å². The SMILES string of the molecule is Cn1c(C(NC(=O)CNC(=O)/C=C/c2ccccc2)c2ccccc2)nc2ccccc21. The lowest BCUT2D eigenvalue weighted by atomic mass is 10.1. The predicted molar refractivity (Wildman–Crippen MR) is 126 cm³/mol. The molecule has 2 amide bonds. The van der Waals surface area contributed by atoms with Gasteiger partial charge in [0.2, 0.25) is 11.8 Å². The van der Waals surface area contributed by atoms with Crippen LogP contribution in [0.15, 0.2) is 91.0 Å². The van der Waals surface area contributed by atoms with Crippen LogP contribution in [0.5, 0.6) is 0 Å². The summed E-state index contributed by atoms with van der Waals surface area (Å²) in [6.45, 7) is -0.134. The van der Waals surface area contributed by atoms with E-state index >= 15 is 0 Å². The van der Waals surface area contributed by atoms with Crippen LogP contribution in [0.3, 0.4) is 0 Å². The van der Waals surface area contributed by atoms with E-state index in [-0.39, 0.29) is 18.4 Å². The van der Waals surface area contributed by atoms with Crippen molar-refractivity contribution in [3.05, 3.63) is 108 Å². The van der Waals surface area contributed by atoms with Gasteiger partial charge in [0, 0.05) is 13.1 Å². The van der Waals surface area contributed by atoms with E-state index in [0.717, 1.165) is 28.0 Å². The quantitative estimate of drug-likeness (QED) is 0.445. The van der Waals surface area contributed by atoms with Crippen molar-refractivity contribution in [3.63, 3.8) is 0 Å². The zero-order chi connectivity index (χ0) is 22.3. The van der Waals surface area contributed by atoms with Crippen LogP contribution < -0.4 is 10.6 Å². The summed E-state index contributed by atoms with van der Waals surface area (Å²) >= 11 is 0. The molecule has 0 spiro atoms. The maximum atomic E-state index is 12.7. The first-order valence-corrected chi connectivity index (χ1v) is 10.4. The van der Waals surface area contributed by atoms with Gasteiger partial charge in [0.05, 0.1) is 17.6 Å². The maximum Gasteiger partial charge on any atom is 0.244 e. The van der Waals surface area contributed by atoms with Crippen molar-refractivity contribution >= 4 is 28.9 Å². The van der Waals surface area contributed by atoms with Gasteiger partial charge in [-0.05, 0) is 29.3 Å². The van der Waals surface area contributed by atoms with E-state index in [1.807, 2.05) is 96.5 Å². The Hall–Kier alpha value is -4.19. The predicted octanol–water partition coefficient (Wildman–Crippen LogP) is 3.61. The van der Waals surface area contributed by atoms with E-state index < -0.39 is 6.04 Å². The monoisotopic (exact) mass is 424 g/mol. The molecule has 6 heteroatoms. The van der Waals surface area contributed by atoms with Crippen LogP contribution >= 0.6 is 0 Å². The lowest BCUT2D eigenvalue weighted by Gasteiger charge is -2.19. The highest BCUT2D eigenvalue weighted by Gasteiger charge is 2.22. The summed E-state index contributed by atoms with van der Waals surface area (Å²) in [5, 5.41) is 5.66. The number of para-hydroxylation sites is 2. The van der Waals surface area contributed by atoms with Gasteiger partial charge >= 0.3 is 0 Å². The summed E-state index contributed by atoms with van der Waals surface area (Å²) in [5.74, 6) is 0.0939. The number of carbonyl (C=O) groups is 2. The molecule has 0 aliphatic carbocycles. The third-order valence-corrected chi connectivity index (χ3v) is 5.17. The van der Waals surface area contributed by atoms with Crippen LogP contribution in [0.1, 0.15) is 23.0 Å². The molecular formula is C26H24N4O2. The second-order valence-corrected chi connectivity index (χ2v) is 7.39.